The Morgan fingerprint density at radius 3 is 2.68 bits per heavy atom. The number of carbonyl (C=O) groups is 2. The number of carbonyl (C=O) groups excluding carboxylic acids is 1. The maximum atomic E-state index is 12.6. The van der Waals surface area contributed by atoms with Crippen LogP contribution in [0.2, 0.25) is 0 Å². The van der Waals surface area contributed by atoms with Gasteiger partial charge in [0, 0.05) is 27.2 Å². The number of thiazole rings is 1. The maximum absolute atomic E-state index is 12.6. The minimum atomic E-state index is -0.841. The highest BCUT2D eigenvalue weighted by Crippen LogP contribution is 2.36. The standard InChI is InChI=1S/C14H17N3O3S2/c1-14(12(19)20)4-5-17(7-14)11(18)9-6-8-10(21-9)15-13(22-8)16(2)3/h6H,4-5,7H2,1-3H3,(H,19,20). The van der Waals surface area contributed by atoms with Crippen LogP contribution in [-0.2, 0) is 4.79 Å². The molecule has 3 heterocycles. The number of fused-ring (bicyclic) bond motifs is 1. The lowest BCUT2D eigenvalue weighted by Crippen LogP contribution is -2.34. The van der Waals surface area contributed by atoms with E-state index in [1.807, 2.05) is 25.1 Å². The number of hydrogen-bond donors (Lipinski definition) is 1. The summed E-state index contributed by atoms with van der Waals surface area (Å²) in [4.78, 5) is 33.4. The average molecular weight is 339 g/mol. The molecule has 2 aromatic heterocycles. The summed E-state index contributed by atoms with van der Waals surface area (Å²) in [5.74, 6) is -0.932. The first-order valence-electron chi connectivity index (χ1n) is 6.90. The lowest BCUT2D eigenvalue weighted by atomic mass is 9.90. The number of nitrogens with zero attached hydrogens (tertiary/aromatic N) is 3. The van der Waals surface area contributed by atoms with Crippen LogP contribution < -0.4 is 4.90 Å². The van der Waals surface area contributed by atoms with Crippen molar-refractivity contribution in [1.82, 2.24) is 9.88 Å². The zero-order valence-electron chi connectivity index (χ0n) is 12.6. The molecule has 6 nitrogen and oxygen atoms in total. The van der Waals surface area contributed by atoms with Gasteiger partial charge in [-0.1, -0.05) is 11.3 Å². The number of thiophene rings is 1. The van der Waals surface area contributed by atoms with Gasteiger partial charge in [0.15, 0.2) is 5.13 Å². The number of anilines is 1. The van der Waals surface area contributed by atoms with Crippen molar-refractivity contribution in [2.75, 3.05) is 32.1 Å². The third-order valence-electron chi connectivity index (χ3n) is 3.95. The van der Waals surface area contributed by atoms with Crippen LogP contribution in [0.5, 0.6) is 0 Å². The third-order valence-corrected chi connectivity index (χ3v) is 6.26. The molecule has 0 aliphatic carbocycles. The van der Waals surface area contributed by atoms with Gasteiger partial charge in [-0.2, -0.15) is 0 Å². The van der Waals surface area contributed by atoms with Crippen LogP contribution in [0.25, 0.3) is 9.53 Å². The van der Waals surface area contributed by atoms with Crippen molar-refractivity contribution < 1.29 is 14.7 Å². The van der Waals surface area contributed by atoms with Crippen LogP contribution in [0.4, 0.5) is 5.13 Å². The van der Waals surface area contributed by atoms with Crippen molar-refractivity contribution in [3.05, 3.63) is 10.9 Å². The quantitative estimate of drug-likeness (QED) is 0.929. The van der Waals surface area contributed by atoms with Crippen molar-refractivity contribution in [2.45, 2.75) is 13.3 Å². The van der Waals surface area contributed by atoms with Gasteiger partial charge in [-0.25, -0.2) is 4.98 Å². The van der Waals surface area contributed by atoms with E-state index >= 15 is 0 Å². The molecule has 3 rings (SSSR count). The molecule has 1 fully saturated rings. The Balaban J connectivity index is 1.81. The van der Waals surface area contributed by atoms with Gasteiger partial charge >= 0.3 is 5.97 Å². The zero-order chi connectivity index (χ0) is 16.1. The van der Waals surface area contributed by atoms with Crippen molar-refractivity contribution in [3.8, 4) is 0 Å². The van der Waals surface area contributed by atoms with Crippen molar-refractivity contribution in [1.29, 1.82) is 0 Å². The molecular formula is C14H17N3O3S2. The lowest BCUT2D eigenvalue weighted by molar-refractivity contribution is -0.147. The van der Waals surface area contributed by atoms with E-state index in [1.165, 1.54) is 11.3 Å². The Hall–Kier alpha value is -1.67. The van der Waals surface area contributed by atoms with Gasteiger partial charge in [0.05, 0.1) is 15.0 Å². The molecule has 1 atom stereocenters. The number of carboxylic acids is 1. The second-order valence-electron chi connectivity index (χ2n) is 6.01. The topological polar surface area (TPSA) is 73.7 Å². The Labute approximate surface area is 136 Å². The highest BCUT2D eigenvalue weighted by Gasteiger charge is 2.42. The first kappa shape index (κ1) is 15.2. The molecule has 8 heteroatoms. The number of rotatable bonds is 3. The fraction of sp³-hybridized carbons (Fsp3) is 0.500. The highest BCUT2D eigenvalue weighted by molar-refractivity contribution is 7.29. The molecule has 0 bridgehead atoms. The van der Waals surface area contributed by atoms with Gasteiger partial charge in [0.2, 0.25) is 0 Å². The summed E-state index contributed by atoms with van der Waals surface area (Å²) in [6, 6.07) is 1.86. The summed E-state index contributed by atoms with van der Waals surface area (Å²) < 4.78 is 0.997. The molecule has 1 aliphatic heterocycles. The van der Waals surface area contributed by atoms with E-state index in [1.54, 1.807) is 23.2 Å². The van der Waals surface area contributed by atoms with Crippen LogP contribution >= 0.6 is 22.7 Å². The fourth-order valence-corrected chi connectivity index (χ4v) is 4.59. The van der Waals surface area contributed by atoms with Gasteiger partial charge in [0.1, 0.15) is 4.83 Å². The van der Waals surface area contributed by atoms with Crippen LogP contribution in [0.15, 0.2) is 6.07 Å². The minimum absolute atomic E-state index is 0.0911. The van der Waals surface area contributed by atoms with Crippen LogP contribution in [-0.4, -0.2) is 54.1 Å². The zero-order valence-corrected chi connectivity index (χ0v) is 14.3. The molecule has 1 saturated heterocycles. The van der Waals surface area contributed by atoms with Crippen molar-refractivity contribution in [3.63, 3.8) is 0 Å². The molecule has 1 N–H and O–H groups in total. The van der Waals surface area contributed by atoms with E-state index in [4.69, 9.17) is 0 Å². The summed E-state index contributed by atoms with van der Waals surface area (Å²) in [5, 5.41) is 10.2. The van der Waals surface area contributed by atoms with E-state index in [-0.39, 0.29) is 12.5 Å². The number of likely N-dealkylation sites (tertiary alicyclic amines) is 1. The predicted molar refractivity (Wildman–Crippen MR) is 88.1 cm³/mol. The minimum Gasteiger partial charge on any atom is -0.481 e. The van der Waals surface area contributed by atoms with Crippen LogP contribution in [0, 0.1) is 5.41 Å². The molecule has 2 aromatic rings. The maximum Gasteiger partial charge on any atom is 0.311 e. The second kappa shape index (κ2) is 5.20. The summed E-state index contributed by atoms with van der Waals surface area (Å²) in [7, 11) is 3.87. The Bertz CT molecular complexity index is 720. The van der Waals surface area contributed by atoms with E-state index in [0.29, 0.717) is 17.8 Å². The average Bonchev–Trinajstić information content (AvgIpc) is 3.09. The molecule has 1 unspecified atom stereocenters. The van der Waals surface area contributed by atoms with Crippen LogP contribution in [0.1, 0.15) is 23.0 Å². The molecule has 0 radical (unpaired) electrons. The summed E-state index contributed by atoms with van der Waals surface area (Å²) in [6.07, 6.45) is 0.497. The molecular weight excluding hydrogens is 322 g/mol. The number of carboxylic acid groups (broad SMARTS) is 1. The number of amides is 1. The first-order valence-corrected chi connectivity index (χ1v) is 8.54. The largest absolute Gasteiger partial charge is 0.481 e. The van der Waals surface area contributed by atoms with Crippen molar-refractivity contribution >= 4 is 49.2 Å². The molecule has 0 aromatic carbocycles. The van der Waals surface area contributed by atoms with Gasteiger partial charge in [-0.3, -0.25) is 9.59 Å². The van der Waals surface area contributed by atoms with Gasteiger partial charge in [-0.15, -0.1) is 11.3 Å². The Morgan fingerprint density at radius 2 is 2.14 bits per heavy atom. The second-order valence-corrected chi connectivity index (χ2v) is 8.05. The van der Waals surface area contributed by atoms with Crippen molar-refractivity contribution in [2.24, 2.45) is 5.41 Å². The first-order chi connectivity index (χ1) is 10.3. The van der Waals surface area contributed by atoms with E-state index in [0.717, 1.165) is 14.7 Å². The molecule has 118 valence electrons. The normalized spacial score (nSPS) is 21.5. The smallest absolute Gasteiger partial charge is 0.311 e. The van der Waals surface area contributed by atoms with E-state index in [9.17, 15) is 14.7 Å². The van der Waals surface area contributed by atoms with Gasteiger partial charge in [0.25, 0.3) is 5.91 Å². The fourth-order valence-electron chi connectivity index (χ4n) is 2.49. The van der Waals surface area contributed by atoms with Gasteiger partial charge in [-0.05, 0) is 19.4 Å². The van der Waals surface area contributed by atoms with E-state index < -0.39 is 11.4 Å². The van der Waals surface area contributed by atoms with E-state index in [2.05, 4.69) is 4.98 Å². The lowest BCUT2D eigenvalue weighted by Gasteiger charge is -2.19. The molecule has 0 saturated carbocycles. The number of aromatic nitrogens is 1. The molecule has 0 spiro atoms. The highest BCUT2D eigenvalue weighted by atomic mass is 32.1. The Kier molecular flexibility index (Phi) is 3.60. The van der Waals surface area contributed by atoms with Gasteiger partial charge < -0.3 is 14.9 Å². The summed E-state index contributed by atoms with van der Waals surface area (Å²) in [5.41, 5.74) is -0.833. The summed E-state index contributed by atoms with van der Waals surface area (Å²) >= 11 is 2.92. The SMILES string of the molecule is CN(C)c1nc2sc(C(=O)N3CCC(C)(C(=O)O)C3)cc2s1. The predicted octanol–water partition coefficient (Wildman–Crippen LogP) is 2.36. The summed E-state index contributed by atoms with van der Waals surface area (Å²) in [6.45, 7) is 2.45. The molecule has 22 heavy (non-hydrogen) atoms. The molecule has 1 aliphatic rings. The molecule has 1 amide bonds. The Morgan fingerprint density at radius 1 is 1.41 bits per heavy atom. The number of aliphatic carboxylic acids is 1. The third kappa shape index (κ3) is 2.46. The van der Waals surface area contributed by atoms with Crippen LogP contribution in [0.3, 0.4) is 0 Å². The monoisotopic (exact) mass is 339 g/mol. The number of hydrogen-bond acceptors (Lipinski definition) is 6.